The lowest BCUT2D eigenvalue weighted by atomic mass is 9.67. The summed E-state index contributed by atoms with van der Waals surface area (Å²) >= 11 is 0. The Bertz CT molecular complexity index is 739. The van der Waals surface area contributed by atoms with Gasteiger partial charge in [0.25, 0.3) is 0 Å². The molecule has 1 spiro atoms. The molecule has 1 aromatic carbocycles. The van der Waals surface area contributed by atoms with Crippen LogP contribution in [0.5, 0.6) is 5.75 Å². The molecule has 7 heteroatoms. The lowest BCUT2D eigenvalue weighted by molar-refractivity contribution is -0.123. The Hall–Kier alpha value is -1.60. The molecule has 2 aliphatic rings. The average Bonchev–Trinajstić information content (AvgIpc) is 2.97. The third kappa shape index (κ3) is 4.04. The van der Waals surface area contributed by atoms with Crippen molar-refractivity contribution in [1.29, 1.82) is 0 Å². The number of nitrogens with zero attached hydrogens (tertiary/aromatic N) is 1. The monoisotopic (exact) mass is 380 g/mol. The molecule has 1 unspecified atom stereocenters. The summed E-state index contributed by atoms with van der Waals surface area (Å²) < 4.78 is 31.0. The van der Waals surface area contributed by atoms with Gasteiger partial charge in [-0.05, 0) is 49.4 Å². The quantitative estimate of drug-likeness (QED) is 0.852. The number of hydrogen-bond donors (Lipinski definition) is 1. The highest BCUT2D eigenvalue weighted by atomic mass is 32.2. The average molecular weight is 381 g/mol. The van der Waals surface area contributed by atoms with Crippen LogP contribution in [0.15, 0.2) is 24.3 Å². The van der Waals surface area contributed by atoms with Gasteiger partial charge in [-0.25, -0.2) is 12.7 Å². The van der Waals surface area contributed by atoms with Gasteiger partial charge in [0, 0.05) is 18.8 Å². The summed E-state index contributed by atoms with van der Waals surface area (Å²) in [7, 11) is -3.29. The second-order valence-electron chi connectivity index (χ2n) is 7.48. The molecule has 1 aliphatic carbocycles. The number of hydrogen-bond acceptors (Lipinski definition) is 4. The second kappa shape index (κ2) is 7.56. The molecule has 0 radical (unpaired) electrons. The Morgan fingerprint density at radius 1 is 1.23 bits per heavy atom. The fraction of sp³-hybridized carbons (Fsp3) is 0.632. The van der Waals surface area contributed by atoms with E-state index in [4.69, 9.17) is 4.74 Å². The number of carbonyl (C=O) groups excluding carboxylic acids is 1. The second-order valence-corrected chi connectivity index (χ2v) is 9.46. The Kier molecular flexibility index (Phi) is 5.58. The van der Waals surface area contributed by atoms with Gasteiger partial charge in [-0.2, -0.15) is 0 Å². The van der Waals surface area contributed by atoms with Crippen molar-refractivity contribution >= 4 is 21.6 Å². The van der Waals surface area contributed by atoms with Gasteiger partial charge in [-0.3, -0.25) is 4.79 Å². The molecule has 1 aromatic rings. The van der Waals surface area contributed by atoms with Crippen molar-refractivity contribution < 1.29 is 17.9 Å². The number of ether oxygens (including phenoxy) is 1. The first-order chi connectivity index (χ1) is 12.3. The van der Waals surface area contributed by atoms with Crippen molar-refractivity contribution in [2.45, 2.75) is 39.0 Å². The van der Waals surface area contributed by atoms with E-state index in [1.165, 1.54) is 10.6 Å². The third-order valence-electron chi connectivity index (χ3n) is 5.68. The molecule has 6 nitrogen and oxygen atoms in total. The maximum Gasteiger partial charge on any atom is 0.229 e. The summed E-state index contributed by atoms with van der Waals surface area (Å²) in [5.41, 5.74) is 0.485. The van der Waals surface area contributed by atoms with E-state index >= 15 is 0 Å². The van der Waals surface area contributed by atoms with Gasteiger partial charge in [-0.1, -0.05) is 19.3 Å². The molecule has 1 aliphatic heterocycles. The van der Waals surface area contributed by atoms with Crippen molar-refractivity contribution in [2.75, 3.05) is 31.3 Å². The van der Waals surface area contributed by atoms with Crippen molar-refractivity contribution in [1.82, 2.24) is 4.31 Å². The first-order valence-corrected chi connectivity index (χ1v) is 11.2. The summed E-state index contributed by atoms with van der Waals surface area (Å²) in [5, 5.41) is 2.98. The van der Waals surface area contributed by atoms with E-state index in [9.17, 15) is 13.2 Å². The van der Waals surface area contributed by atoms with Crippen LogP contribution in [0, 0.1) is 11.3 Å². The Balaban J connectivity index is 1.77. The predicted molar refractivity (Wildman–Crippen MR) is 102 cm³/mol. The standard InChI is InChI=1S/C19H28N2O4S/c1-3-25-16-9-7-15(8-10-16)20-18(22)17-13-21(26(2,23)24)14-19(17)11-5-4-6-12-19/h7-10,17H,3-6,11-14H2,1-2H3,(H,20,22). The van der Waals surface area contributed by atoms with Crippen LogP contribution in [0.3, 0.4) is 0 Å². The largest absolute Gasteiger partial charge is 0.494 e. The van der Waals surface area contributed by atoms with Gasteiger partial charge < -0.3 is 10.1 Å². The van der Waals surface area contributed by atoms with Crippen LogP contribution in [-0.4, -0.2) is 44.6 Å². The van der Waals surface area contributed by atoms with E-state index in [2.05, 4.69) is 5.32 Å². The lowest BCUT2D eigenvalue weighted by Gasteiger charge is -2.37. The fourth-order valence-corrected chi connectivity index (χ4v) is 5.24. The molecule has 3 rings (SSSR count). The van der Waals surface area contributed by atoms with Crippen LogP contribution in [-0.2, 0) is 14.8 Å². The van der Waals surface area contributed by atoms with Crippen molar-refractivity contribution in [2.24, 2.45) is 11.3 Å². The molecular weight excluding hydrogens is 352 g/mol. The third-order valence-corrected chi connectivity index (χ3v) is 6.90. The minimum absolute atomic E-state index is 0.0813. The molecule has 1 atom stereocenters. The maximum atomic E-state index is 13.0. The van der Waals surface area contributed by atoms with Crippen molar-refractivity contribution in [3.63, 3.8) is 0 Å². The molecular formula is C19H28N2O4S. The van der Waals surface area contributed by atoms with Crippen LogP contribution in [0.2, 0.25) is 0 Å². The number of rotatable bonds is 5. The summed E-state index contributed by atoms with van der Waals surface area (Å²) in [5.74, 6) is 0.379. The molecule has 2 fully saturated rings. The molecule has 1 N–H and O–H groups in total. The smallest absolute Gasteiger partial charge is 0.229 e. The highest BCUT2D eigenvalue weighted by Gasteiger charge is 2.52. The van der Waals surface area contributed by atoms with Crippen LogP contribution in [0.1, 0.15) is 39.0 Å². The van der Waals surface area contributed by atoms with Crippen LogP contribution >= 0.6 is 0 Å². The minimum Gasteiger partial charge on any atom is -0.494 e. The molecule has 1 amide bonds. The van der Waals surface area contributed by atoms with Gasteiger partial charge in [0.2, 0.25) is 15.9 Å². The number of nitrogens with one attached hydrogen (secondary N) is 1. The maximum absolute atomic E-state index is 13.0. The SMILES string of the molecule is CCOc1ccc(NC(=O)C2CN(S(C)(=O)=O)CC23CCCCC3)cc1. The van der Waals surface area contributed by atoms with E-state index in [1.807, 2.05) is 31.2 Å². The van der Waals surface area contributed by atoms with E-state index in [-0.39, 0.29) is 23.8 Å². The van der Waals surface area contributed by atoms with Gasteiger partial charge >= 0.3 is 0 Å². The molecule has 1 saturated heterocycles. The molecule has 1 saturated carbocycles. The summed E-state index contributed by atoms with van der Waals surface area (Å²) in [6.07, 6.45) is 6.35. The first kappa shape index (κ1) is 19.2. The van der Waals surface area contributed by atoms with Gasteiger partial charge in [0.1, 0.15) is 5.75 Å². The molecule has 0 bridgehead atoms. The zero-order chi connectivity index (χ0) is 18.8. The first-order valence-electron chi connectivity index (χ1n) is 9.33. The molecule has 144 valence electrons. The van der Waals surface area contributed by atoms with Gasteiger partial charge in [-0.15, -0.1) is 0 Å². The fourth-order valence-electron chi connectivity index (χ4n) is 4.33. The minimum atomic E-state index is -3.29. The topological polar surface area (TPSA) is 75.7 Å². The van der Waals surface area contributed by atoms with Crippen molar-refractivity contribution in [3.8, 4) is 5.75 Å². The number of amides is 1. The van der Waals surface area contributed by atoms with Crippen LogP contribution < -0.4 is 10.1 Å². The van der Waals surface area contributed by atoms with Crippen molar-refractivity contribution in [3.05, 3.63) is 24.3 Å². The zero-order valence-electron chi connectivity index (χ0n) is 15.5. The van der Waals surface area contributed by atoms with E-state index in [0.29, 0.717) is 18.8 Å². The normalized spacial score (nSPS) is 23.1. The van der Waals surface area contributed by atoms with E-state index < -0.39 is 10.0 Å². The lowest BCUT2D eigenvalue weighted by Crippen LogP contribution is -2.39. The highest BCUT2D eigenvalue weighted by molar-refractivity contribution is 7.88. The Morgan fingerprint density at radius 3 is 2.46 bits per heavy atom. The van der Waals surface area contributed by atoms with E-state index in [0.717, 1.165) is 37.9 Å². The summed E-state index contributed by atoms with van der Waals surface area (Å²) in [6, 6.07) is 7.29. The molecule has 1 heterocycles. The van der Waals surface area contributed by atoms with Crippen LogP contribution in [0.4, 0.5) is 5.69 Å². The highest BCUT2D eigenvalue weighted by Crippen LogP contribution is 2.48. The summed E-state index contributed by atoms with van der Waals surface area (Å²) in [4.78, 5) is 13.0. The number of sulfonamides is 1. The number of anilines is 1. The number of benzene rings is 1. The summed E-state index contributed by atoms with van der Waals surface area (Å²) in [6.45, 7) is 3.26. The molecule has 0 aromatic heterocycles. The molecule has 26 heavy (non-hydrogen) atoms. The van der Waals surface area contributed by atoms with E-state index in [1.54, 1.807) is 0 Å². The zero-order valence-corrected chi connectivity index (χ0v) is 16.3. The number of carbonyl (C=O) groups is 1. The van der Waals surface area contributed by atoms with Gasteiger partial charge in [0.15, 0.2) is 0 Å². The Labute approximate surface area is 156 Å². The van der Waals surface area contributed by atoms with Gasteiger partial charge in [0.05, 0.1) is 18.8 Å². The van der Waals surface area contributed by atoms with Crippen LogP contribution in [0.25, 0.3) is 0 Å². The Morgan fingerprint density at radius 2 is 1.88 bits per heavy atom. The predicted octanol–water partition coefficient (Wildman–Crippen LogP) is 2.87.